The van der Waals surface area contributed by atoms with Crippen molar-refractivity contribution in [3.63, 3.8) is 0 Å². The van der Waals surface area contributed by atoms with Crippen LogP contribution in [0.5, 0.6) is 0 Å². The van der Waals surface area contributed by atoms with E-state index >= 15 is 0 Å². The highest BCUT2D eigenvalue weighted by atomic mass is 16.5. The van der Waals surface area contributed by atoms with Crippen molar-refractivity contribution in [1.82, 2.24) is 15.1 Å². The molecule has 4 heteroatoms. The highest BCUT2D eigenvalue weighted by Crippen LogP contribution is 2.31. The van der Waals surface area contributed by atoms with Crippen molar-refractivity contribution in [2.75, 3.05) is 19.8 Å². The van der Waals surface area contributed by atoms with Crippen LogP contribution in [0.25, 0.3) is 0 Å². The van der Waals surface area contributed by atoms with Gasteiger partial charge in [-0.05, 0) is 24.8 Å². The van der Waals surface area contributed by atoms with Gasteiger partial charge in [-0.3, -0.25) is 4.68 Å². The van der Waals surface area contributed by atoms with Crippen LogP contribution in [0.1, 0.15) is 24.6 Å². The molecule has 1 N–H and O–H groups in total. The third-order valence-electron chi connectivity index (χ3n) is 3.16. The molecule has 1 aromatic heterocycles. The summed E-state index contributed by atoms with van der Waals surface area (Å²) in [5.74, 6) is 0.869. The highest BCUT2D eigenvalue weighted by Gasteiger charge is 2.25. The lowest BCUT2D eigenvalue weighted by atomic mass is 10.2. The van der Waals surface area contributed by atoms with Gasteiger partial charge in [-0.1, -0.05) is 0 Å². The fourth-order valence-corrected chi connectivity index (χ4v) is 2.09. The molecule has 0 radical (unpaired) electrons. The summed E-state index contributed by atoms with van der Waals surface area (Å²) in [7, 11) is 0. The number of morpholine rings is 1. The molecule has 1 atom stereocenters. The SMILES string of the molecule is c1cc(C2COCCN2)n(CC2CC2)n1. The molecule has 3 rings (SSSR count). The second-order valence-corrected chi connectivity index (χ2v) is 4.46. The van der Waals surface area contributed by atoms with Crippen LogP contribution < -0.4 is 5.32 Å². The number of ether oxygens (including phenoxy) is 1. The molecule has 1 aliphatic carbocycles. The summed E-state index contributed by atoms with van der Waals surface area (Å²) < 4.78 is 7.62. The Kier molecular flexibility index (Phi) is 2.46. The van der Waals surface area contributed by atoms with Gasteiger partial charge in [0.05, 0.1) is 24.9 Å². The Morgan fingerprint density at radius 3 is 3.20 bits per heavy atom. The van der Waals surface area contributed by atoms with E-state index in [9.17, 15) is 0 Å². The second-order valence-electron chi connectivity index (χ2n) is 4.46. The first-order chi connectivity index (χ1) is 7.43. The lowest BCUT2D eigenvalue weighted by Crippen LogP contribution is -2.36. The van der Waals surface area contributed by atoms with Crippen molar-refractivity contribution in [2.24, 2.45) is 5.92 Å². The number of hydrogen-bond donors (Lipinski definition) is 1. The van der Waals surface area contributed by atoms with E-state index in [0.29, 0.717) is 6.04 Å². The van der Waals surface area contributed by atoms with Crippen molar-refractivity contribution in [2.45, 2.75) is 25.4 Å². The summed E-state index contributed by atoms with van der Waals surface area (Å²) in [6.07, 6.45) is 4.63. The van der Waals surface area contributed by atoms with Gasteiger partial charge in [0.2, 0.25) is 0 Å². The van der Waals surface area contributed by atoms with Gasteiger partial charge in [0.15, 0.2) is 0 Å². The van der Waals surface area contributed by atoms with Gasteiger partial charge in [-0.15, -0.1) is 0 Å². The Labute approximate surface area is 89.6 Å². The Morgan fingerprint density at radius 2 is 2.47 bits per heavy atom. The minimum Gasteiger partial charge on any atom is -0.378 e. The van der Waals surface area contributed by atoms with Crippen LogP contribution in [0.4, 0.5) is 0 Å². The second kappa shape index (κ2) is 3.94. The summed E-state index contributed by atoms with van der Waals surface area (Å²) in [5.41, 5.74) is 1.28. The van der Waals surface area contributed by atoms with Crippen LogP contribution >= 0.6 is 0 Å². The van der Waals surface area contributed by atoms with Gasteiger partial charge < -0.3 is 10.1 Å². The Bertz CT molecular complexity index is 326. The maximum Gasteiger partial charge on any atom is 0.0730 e. The van der Waals surface area contributed by atoms with Crippen molar-refractivity contribution in [1.29, 1.82) is 0 Å². The lowest BCUT2D eigenvalue weighted by Gasteiger charge is -2.24. The maximum atomic E-state index is 5.48. The largest absolute Gasteiger partial charge is 0.378 e. The first-order valence-electron chi connectivity index (χ1n) is 5.76. The van der Waals surface area contributed by atoms with Gasteiger partial charge in [0.25, 0.3) is 0 Å². The topological polar surface area (TPSA) is 39.1 Å². The molecular formula is C11H17N3O. The molecule has 0 amide bonds. The van der Waals surface area contributed by atoms with Crippen LogP contribution in [0, 0.1) is 5.92 Å². The summed E-state index contributed by atoms with van der Waals surface area (Å²) in [6, 6.07) is 2.44. The zero-order valence-electron chi connectivity index (χ0n) is 8.85. The van der Waals surface area contributed by atoms with Gasteiger partial charge in [-0.25, -0.2) is 0 Å². The molecule has 1 saturated carbocycles. The molecule has 1 saturated heterocycles. The number of nitrogens with zero attached hydrogens (tertiary/aromatic N) is 2. The number of nitrogens with one attached hydrogen (secondary N) is 1. The van der Waals surface area contributed by atoms with E-state index in [1.165, 1.54) is 18.5 Å². The normalized spacial score (nSPS) is 26.8. The maximum absolute atomic E-state index is 5.48. The zero-order chi connectivity index (χ0) is 10.1. The minimum absolute atomic E-state index is 0.333. The first-order valence-corrected chi connectivity index (χ1v) is 5.76. The third-order valence-corrected chi connectivity index (χ3v) is 3.16. The van der Waals surface area contributed by atoms with Crippen LogP contribution in [0.3, 0.4) is 0 Å². The zero-order valence-corrected chi connectivity index (χ0v) is 8.85. The van der Waals surface area contributed by atoms with Crippen molar-refractivity contribution in [3.05, 3.63) is 18.0 Å². The van der Waals surface area contributed by atoms with Gasteiger partial charge in [0.1, 0.15) is 0 Å². The molecule has 0 aromatic carbocycles. The van der Waals surface area contributed by atoms with Crippen LogP contribution in [-0.2, 0) is 11.3 Å². The van der Waals surface area contributed by atoms with Crippen LogP contribution in [0.15, 0.2) is 12.3 Å². The van der Waals surface area contributed by atoms with Crippen LogP contribution in [-0.4, -0.2) is 29.5 Å². The molecule has 1 aromatic rings. The molecule has 2 heterocycles. The minimum atomic E-state index is 0.333. The van der Waals surface area contributed by atoms with Crippen molar-refractivity contribution in [3.8, 4) is 0 Å². The summed E-state index contributed by atoms with van der Waals surface area (Å²) in [6.45, 7) is 3.63. The number of aromatic nitrogens is 2. The lowest BCUT2D eigenvalue weighted by molar-refractivity contribution is 0.0739. The summed E-state index contributed by atoms with van der Waals surface area (Å²) in [4.78, 5) is 0. The fraction of sp³-hybridized carbons (Fsp3) is 0.727. The van der Waals surface area contributed by atoms with Gasteiger partial charge in [0, 0.05) is 19.3 Å². The Morgan fingerprint density at radius 1 is 1.53 bits per heavy atom. The molecular weight excluding hydrogens is 190 g/mol. The van der Waals surface area contributed by atoms with E-state index < -0.39 is 0 Å². The van der Waals surface area contributed by atoms with E-state index in [0.717, 1.165) is 32.2 Å². The molecule has 1 aliphatic heterocycles. The standard InChI is InChI=1S/C11H17N3O/c1-2-9(1)7-14-11(3-4-13-14)10-8-15-6-5-12-10/h3-4,9-10,12H,1-2,5-8H2. The quantitative estimate of drug-likeness (QED) is 0.802. The van der Waals surface area contributed by atoms with Gasteiger partial charge in [-0.2, -0.15) is 5.10 Å². The summed E-state index contributed by atoms with van der Waals surface area (Å²) >= 11 is 0. The Balaban J connectivity index is 1.73. The average molecular weight is 207 g/mol. The predicted octanol–water partition coefficient (Wildman–Crippen LogP) is 0.954. The van der Waals surface area contributed by atoms with Crippen molar-refractivity contribution < 1.29 is 4.74 Å². The smallest absolute Gasteiger partial charge is 0.0730 e. The molecule has 2 fully saturated rings. The van der Waals surface area contributed by atoms with Crippen LogP contribution in [0.2, 0.25) is 0 Å². The van der Waals surface area contributed by atoms with E-state index in [-0.39, 0.29) is 0 Å². The Hall–Kier alpha value is -0.870. The molecule has 82 valence electrons. The first kappa shape index (κ1) is 9.36. The molecule has 2 aliphatic rings. The highest BCUT2D eigenvalue weighted by molar-refractivity contribution is 5.08. The van der Waals surface area contributed by atoms with E-state index in [2.05, 4.69) is 21.2 Å². The number of rotatable bonds is 3. The van der Waals surface area contributed by atoms with E-state index in [1.807, 2.05) is 6.20 Å². The van der Waals surface area contributed by atoms with Crippen molar-refractivity contribution >= 4 is 0 Å². The molecule has 4 nitrogen and oxygen atoms in total. The van der Waals surface area contributed by atoms with E-state index in [4.69, 9.17) is 4.74 Å². The summed E-state index contributed by atoms with van der Waals surface area (Å²) in [5, 5.41) is 7.86. The predicted molar refractivity (Wildman–Crippen MR) is 56.5 cm³/mol. The van der Waals surface area contributed by atoms with E-state index in [1.54, 1.807) is 0 Å². The fourth-order valence-electron chi connectivity index (χ4n) is 2.09. The third kappa shape index (κ3) is 2.06. The monoisotopic (exact) mass is 207 g/mol. The average Bonchev–Trinajstić information content (AvgIpc) is 2.96. The molecule has 1 unspecified atom stereocenters. The van der Waals surface area contributed by atoms with Gasteiger partial charge >= 0.3 is 0 Å². The number of hydrogen-bond acceptors (Lipinski definition) is 3. The molecule has 0 spiro atoms. The molecule has 15 heavy (non-hydrogen) atoms. The molecule has 0 bridgehead atoms.